The molecular formula is C15H18BrN3O2. The molecule has 0 radical (unpaired) electrons. The zero-order valence-electron chi connectivity index (χ0n) is 11.7. The van der Waals surface area contributed by atoms with Gasteiger partial charge >= 0.3 is 11.8 Å². The number of hydrogen-bond acceptors (Lipinski definition) is 3. The molecule has 0 aromatic heterocycles. The molecule has 0 saturated heterocycles. The van der Waals surface area contributed by atoms with Gasteiger partial charge in [-0.1, -0.05) is 28.8 Å². The molecule has 21 heavy (non-hydrogen) atoms. The van der Waals surface area contributed by atoms with Gasteiger partial charge in [0.2, 0.25) is 0 Å². The smallest absolute Gasteiger partial charge is 0.318 e. The fraction of sp³-hybridized carbons (Fsp3) is 0.400. The van der Waals surface area contributed by atoms with Crippen LogP contribution in [0.1, 0.15) is 38.5 Å². The van der Waals surface area contributed by atoms with Crippen LogP contribution in [-0.2, 0) is 9.59 Å². The summed E-state index contributed by atoms with van der Waals surface area (Å²) >= 11 is 3.31. The molecule has 2 N–H and O–H groups in total. The van der Waals surface area contributed by atoms with Gasteiger partial charge in [0.15, 0.2) is 0 Å². The third kappa shape index (κ3) is 5.30. The largest absolute Gasteiger partial charge is 0.329 e. The zero-order chi connectivity index (χ0) is 15.1. The summed E-state index contributed by atoms with van der Waals surface area (Å²) in [4.78, 5) is 23.4. The Morgan fingerprint density at radius 2 is 1.57 bits per heavy atom. The summed E-state index contributed by atoms with van der Waals surface area (Å²) in [6.07, 6.45) is 6.40. The number of halogens is 1. The lowest BCUT2D eigenvalue weighted by Crippen LogP contribution is -2.33. The highest BCUT2D eigenvalue weighted by atomic mass is 79.9. The molecule has 1 aromatic carbocycles. The molecule has 5 nitrogen and oxygen atoms in total. The Labute approximate surface area is 132 Å². The summed E-state index contributed by atoms with van der Waals surface area (Å²) in [5, 5.41) is 6.60. The van der Waals surface area contributed by atoms with Crippen molar-refractivity contribution in [2.75, 3.05) is 5.32 Å². The van der Waals surface area contributed by atoms with E-state index in [4.69, 9.17) is 0 Å². The van der Waals surface area contributed by atoms with Gasteiger partial charge in [-0.05, 0) is 49.9 Å². The Morgan fingerprint density at radius 3 is 2.19 bits per heavy atom. The van der Waals surface area contributed by atoms with E-state index in [-0.39, 0.29) is 0 Å². The number of hydrazone groups is 1. The second-order valence-electron chi connectivity index (χ2n) is 4.99. The summed E-state index contributed by atoms with van der Waals surface area (Å²) in [7, 11) is 0. The molecule has 0 bridgehead atoms. The first-order valence-electron chi connectivity index (χ1n) is 7.07. The monoisotopic (exact) mass is 351 g/mol. The van der Waals surface area contributed by atoms with Crippen molar-refractivity contribution >= 4 is 39.1 Å². The average Bonchev–Trinajstić information content (AvgIpc) is 2.75. The van der Waals surface area contributed by atoms with Crippen LogP contribution in [0.2, 0.25) is 0 Å². The maximum Gasteiger partial charge on any atom is 0.329 e. The van der Waals surface area contributed by atoms with Crippen molar-refractivity contribution in [1.82, 2.24) is 5.43 Å². The van der Waals surface area contributed by atoms with Gasteiger partial charge in [0.05, 0.1) is 0 Å². The number of hydrogen-bond donors (Lipinski definition) is 2. The van der Waals surface area contributed by atoms with Gasteiger partial charge < -0.3 is 5.32 Å². The first-order chi connectivity index (χ1) is 10.1. The Morgan fingerprint density at radius 1 is 0.952 bits per heavy atom. The molecule has 2 rings (SSSR count). The van der Waals surface area contributed by atoms with E-state index in [1.54, 1.807) is 24.3 Å². The molecule has 1 aliphatic rings. The van der Waals surface area contributed by atoms with E-state index in [1.807, 2.05) is 0 Å². The molecule has 0 heterocycles. The fourth-order valence-corrected chi connectivity index (χ4v) is 2.41. The second-order valence-corrected chi connectivity index (χ2v) is 5.91. The van der Waals surface area contributed by atoms with Crippen molar-refractivity contribution in [3.8, 4) is 0 Å². The molecule has 0 unspecified atom stereocenters. The highest BCUT2D eigenvalue weighted by Crippen LogP contribution is 2.15. The standard InChI is InChI=1S/C15H18BrN3O2/c16-11-7-9-12(10-8-11)17-14(20)15(21)19-18-13-5-3-1-2-4-6-13/h7-10H,1-6H2,(H,17,20)(H,19,21). The molecule has 2 amide bonds. The Kier molecular flexibility index (Phi) is 5.92. The summed E-state index contributed by atoms with van der Waals surface area (Å²) < 4.78 is 0.907. The molecule has 0 aliphatic heterocycles. The summed E-state index contributed by atoms with van der Waals surface area (Å²) in [5.41, 5.74) is 3.88. The highest BCUT2D eigenvalue weighted by Gasteiger charge is 2.14. The summed E-state index contributed by atoms with van der Waals surface area (Å²) in [6, 6.07) is 7.01. The quantitative estimate of drug-likeness (QED) is 0.487. The van der Waals surface area contributed by atoms with E-state index in [2.05, 4.69) is 31.8 Å². The molecular weight excluding hydrogens is 334 g/mol. The number of rotatable bonds is 2. The van der Waals surface area contributed by atoms with Crippen molar-refractivity contribution in [3.63, 3.8) is 0 Å². The number of anilines is 1. The van der Waals surface area contributed by atoms with Crippen LogP contribution in [0.25, 0.3) is 0 Å². The van der Waals surface area contributed by atoms with Crippen LogP contribution in [0.5, 0.6) is 0 Å². The van der Waals surface area contributed by atoms with Gasteiger partial charge in [-0.3, -0.25) is 9.59 Å². The van der Waals surface area contributed by atoms with Crippen LogP contribution in [0.4, 0.5) is 5.69 Å². The summed E-state index contributed by atoms with van der Waals surface area (Å²) in [5.74, 6) is -1.45. The molecule has 1 fully saturated rings. The van der Waals surface area contributed by atoms with Gasteiger partial charge in [-0.2, -0.15) is 5.10 Å². The Bertz CT molecular complexity index is 530. The Hall–Kier alpha value is -1.69. The van der Waals surface area contributed by atoms with Gasteiger partial charge in [0, 0.05) is 15.9 Å². The minimum absolute atomic E-state index is 0.570. The molecule has 1 aromatic rings. The van der Waals surface area contributed by atoms with Crippen LogP contribution in [0.3, 0.4) is 0 Å². The number of carbonyl (C=O) groups excluding carboxylic acids is 2. The van der Waals surface area contributed by atoms with E-state index in [0.29, 0.717) is 5.69 Å². The minimum atomic E-state index is -0.741. The van der Waals surface area contributed by atoms with E-state index in [9.17, 15) is 9.59 Å². The lowest BCUT2D eigenvalue weighted by Gasteiger charge is -2.05. The lowest BCUT2D eigenvalue weighted by atomic mass is 10.2. The molecule has 0 spiro atoms. The number of carbonyl (C=O) groups is 2. The normalized spacial score (nSPS) is 15.0. The third-order valence-electron chi connectivity index (χ3n) is 3.30. The van der Waals surface area contributed by atoms with E-state index < -0.39 is 11.8 Å². The third-order valence-corrected chi connectivity index (χ3v) is 3.83. The van der Waals surface area contributed by atoms with Crippen molar-refractivity contribution in [1.29, 1.82) is 0 Å². The van der Waals surface area contributed by atoms with Crippen LogP contribution >= 0.6 is 15.9 Å². The molecule has 6 heteroatoms. The van der Waals surface area contributed by atoms with E-state index in [1.165, 1.54) is 12.8 Å². The van der Waals surface area contributed by atoms with Crippen LogP contribution in [0.15, 0.2) is 33.8 Å². The molecule has 0 atom stereocenters. The SMILES string of the molecule is O=C(NN=C1CCCCCC1)C(=O)Nc1ccc(Br)cc1. The van der Waals surface area contributed by atoms with Crippen molar-refractivity contribution in [3.05, 3.63) is 28.7 Å². The number of nitrogens with one attached hydrogen (secondary N) is 2. The molecule has 1 aliphatic carbocycles. The van der Waals surface area contributed by atoms with Crippen LogP contribution < -0.4 is 10.7 Å². The van der Waals surface area contributed by atoms with Gasteiger partial charge in [-0.15, -0.1) is 0 Å². The zero-order valence-corrected chi connectivity index (χ0v) is 13.3. The van der Waals surface area contributed by atoms with Gasteiger partial charge in [-0.25, -0.2) is 5.43 Å². The second kappa shape index (κ2) is 7.93. The first-order valence-corrected chi connectivity index (χ1v) is 7.87. The van der Waals surface area contributed by atoms with Crippen molar-refractivity contribution in [2.45, 2.75) is 38.5 Å². The Balaban J connectivity index is 1.86. The predicted molar refractivity (Wildman–Crippen MR) is 86.1 cm³/mol. The average molecular weight is 352 g/mol. The maximum atomic E-state index is 11.7. The highest BCUT2D eigenvalue weighted by molar-refractivity contribution is 9.10. The van der Waals surface area contributed by atoms with E-state index in [0.717, 1.165) is 35.9 Å². The maximum absolute atomic E-state index is 11.7. The fourth-order valence-electron chi connectivity index (χ4n) is 2.15. The number of amides is 2. The van der Waals surface area contributed by atoms with Crippen LogP contribution in [0, 0.1) is 0 Å². The van der Waals surface area contributed by atoms with Gasteiger partial charge in [0.25, 0.3) is 0 Å². The van der Waals surface area contributed by atoms with Crippen LogP contribution in [-0.4, -0.2) is 17.5 Å². The topological polar surface area (TPSA) is 70.6 Å². The first kappa shape index (κ1) is 15.7. The number of nitrogens with zero attached hydrogens (tertiary/aromatic N) is 1. The van der Waals surface area contributed by atoms with Gasteiger partial charge in [0.1, 0.15) is 0 Å². The van der Waals surface area contributed by atoms with Crippen molar-refractivity contribution in [2.24, 2.45) is 5.10 Å². The molecule has 112 valence electrons. The van der Waals surface area contributed by atoms with E-state index >= 15 is 0 Å². The van der Waals surface area contributed by atoms with Crippen molar-refractivity contribution < 1.29 is 9.59 Å². The number of benzene rings is 1. The minimum Gasteiger partial charge on any atom is -0.318 e. The lowest BCUT2D eigenvalue weighted by molar-refractivity contribution is -0.136. The predicted octanol–water partition coefficient (Wildman–Crippen LogP) is 3.21. The summed E-state index contributed by atoms with van der Waals surface area (Å²) in [6.45, 7) is 0. The molecule has 1 saturated carbocycles.